The fraction of sp³-hybridized carbons (Fsp3) is 0.486. The minimum atomic E-state index is -1.38. The SMILES string of the molecule is CC(C)(N)C(=O)N=C(COCc1ccccc1)C(O)Nc1cn(C(C(=O)N2CCC3(CCCCC3)CC2)c2ccccc2)cn1. The number of carbonyl (C=O) groups is 2. The molecule has 1 saturated heterocycles. The van der Waals surface area contributed by atoms with Gasteiger partial charge < -0.3 is 30.4 Å². The standard InChI is InChI=1S/C35H46N6O4/c1-34(2,36)33(44)38-28(24-45-23-26-12-6-3-7-13-26)31(42)39-29-22-41(25-37-29)30(27-14-8-4-9-15-27)32(43)40-20-18-35(19-21-40)16-10-5-11-17-35/h3-4,6-9,12-15,22,25,30-31,39,42H,5,10-11,16-21,23-24,36H2,1-2H3. The highest BCUT2D eigenvalue weighted by Gasteiger charge is 2.38. The molecule has 1 aromatic heterocycles. The molecule has 2 fully saturated rings. The third-order valence-electron chi connectivity index (χ3n) is 9.06. The van der Waals surface area contributed by atoms with Gasteiger partial charge in [-0.2, -0.15) is 0 Å². The van der Waals surface area contributed by atoms with Crippen LogP contribution in [0.4, 0.5) is 5.82 Å². The average Bonchev–Trinajstić information content (AvgIpc) is 3.49. The van der Waals surface area contributed by atoms with Crippen LogP contribution in [0, 0.1) is 5.41 Å². The molecule has 2 unspecified atom stereocenters. The van der Waals surface area contributed by atoms with E-state index in [9.17, 15) is 14.7 Å². The molecule has 240 valence electrons. The van der Waals surface area contributed by atoms with Crippen LogP contribution in [0.5, 0.6) is 0 Å². The Morgan fingerprint density at radius 2 is 1.67 bits per heavy atom. The van der Waals surface area contributed by atoms with Crippen molar-refractivity contribution in [3.8, 4) is 0 Å². The van der Waals surface area contributed by atoms with Crippen molar-refractivity contribution in [3.63, 3.8) is 0 Å². The Kier molecular flexibility index (Phi) is 10.5. The Morgan fingerprint density at radius 3 is 2.31 bits per heavy atom. The number of piperidine rings is 1. The van der Waals surface area contributed by atoms with E-state index in [1.807, 2.05) is 65.6 Å². The fourth-order valence-electron chi connectivity index (χ4n) is 6.32. The minimum absolute atomic E-state index is 0.0312. The topological polar surface area (TPSA) is 135 Å². The number of carbonyl (C=O) groups excluding carboxylic acids is 2. The number of nitrogens with two attached hydrogens (primary N) is 1. The summed E-state index contributed by atoms with van der Waals surface area (Å²) >= 11 is 0. The summed E-state index contributed by atoms with van der Waals surface area (Å²) in [6.45, 7) is 4.80. The average molecular weight is 615 g/mol. The van der Waals surface area contributed by atoms with Gasteiger partial charge in [-0.05, 0) is 56.1 Å². The smallest absolute Gasteiger partial charge is 0.265 e. The largest absolute Gasteiger partial charge is 0.371 e. The van der Waals surface area contributed by atoms with Crippen LogP contribution in [-0.4, -0.2) is 68.5 Å². The summed E-state index contributed by atoms with van der Waals surface area (Å²) < 4.78 is 7.57. The zero-order valence-corrected chi connectivity index (χ0v) is 26.4. The van der Waals surface area contributed by atoms with E-state index < -0.39 is 23.7 Å². The maximum Gasteiger partial charge on any atom is 0.265 e. The number of aliphatic hydroxyl groups is 1. The number of benzene rings is 2. The summed E-state index contributed by atoms with van der Waals surface area (Å²) in [5, 5.41) is 14.1. The summed E-state index contributed by atoms with van der Waals surface area (Å²) in [5.41, 5.74) is 7.02. The van der Waals surface area contributed by atoms with Gasteiger partial charge in [0.15, 0.2) is 6.23 Å². The Balaban J connectivity index is 1.31. The molecule has 10 heteroatoms. The van der Waals surface area contributed by atoms with Crippen molar-refractivity contribution in [2.24, 2.45) is 16.1 Å². The number of aliphatic hydroxyl groups excluding tert-OH is 1. The number of hydrogen-bond donors (Lipinski definition) is 3. The second-order valence-corrected chi connectivity index (χ2v) is 13.1. The molecule has 2 aliphatic rings. The van der Waals surface area contributed by atoms with E-state index in [0.29, 0.717) is 11.2 Å². The highest BCUT2D eigenvalue weighted by atomic mass is 16.5. The van der Waals surface area contributed by atoms with E-state index >= 15 is 0 Å². The second kappa shape index (κ2) is 14.5. The Labute approximate surface area is 265 Å². The molecule has 10 nitrogen and oxygen atoms in total. The lowest BCUT2D eigenvalue weighted by atomic mass is 9.68. The molecule has 2 aromatic carbocycles. The van der Waals surface area contributed by atoms with Crippen LogP contribution in [-0.2, 0) is 20.9 Å². The molecule has 0 radical (unpaired) electrons. The lowest BCUT2D eigenvalue weighted by Gasteiger charge is -2.45. The highest BCUT2D eigenvalue weighted by molar-refractivity contribution is 6.02. The van der Waals surface area contributed by atoms with Crippen LogP contribution < -0.4 is 11.1 Å². The van der Waals surface area contributed by atoms with E-state index in [0.717, 1.165) is 37.1 Å². The molecule has 3 aromatic rings. The zero-order chi connectivity index (χ0) is 31.9. The van der Waals surface area contributed by atoms with Crippen LogP contribution in [0.3, 0.4) is 0 Å². The van der Waals surface area contributed by atoms with Crippen LogP contribution in [0.25, 0.3) is 0 Å². The molecule has 0 bridgehead atoms. The Morgan fingerprint density at radius 1 is 1.02 bits per heavy atom. The number of nitrogens with zero attached hydrogens (tertiary/aromatic N) is 4. The number of amides is 2. The first-order valence-corrected chi connectivity index (χ1v) is 16.0. The summed E-state index contributed by atoms with van der Waals surface area (Å²) in [6.07, 6.45) is 10.5. The van der Waals surface area contributed by atoms with Gasteiger partial charge in [-0.3, -0.25) is 9.59 Å². The van der Waals surface area contributed by atoms with Gasteiger partial charge in [0.1, 0.15) is 11.9 Å². The Bertz CT molecular complexity index is 1430. The van der Waals surface area contributed by atoms with E-state index in [4.69, 9.17) is 10.5 Å². The van der Waals surface area contributed by atoms with Gasteiger partial charge in [0, 0.05) is 19.3 Å². The molecular formula is C35H46N6O4. The number of likely N-dealkylation sites (tertiary alicyclic amines) is 1. The van der Waals surface area contributed by atoms with E-state index in [1.54, 1.807) is 30.9 Å². The van der Waals surface area contributed by atoms with E-state index in [-0.39, 0.29) is 24.8 Å². The van der Waals surface area contributed by atoms with Crippen molar-refractivity contribution in [2.75, 3.05) is 25.0 Å². The lowest BCUT2D eigenvalue weighted by molar-refractivity contribution is -0.136. The quantitative estimate of drug-likeness (QED) is 0.211. The van der Waals surface area contributed by atoms with Crippen molar-refractivity contribution < 1.29 is 19.4 Å². The van der Waals surface area contributed by atoms with Gasteiger partial charge >= 0.3 is 0 Å². The van der Waals surface area contributed by atoms with Crippen molar-refractivity contribution in [1.29, 1.82) is 0 Å². The number of aromatic nitrogens is 2. The molecular weight excluding hydrogens is 568 g/mol. The van der Waals surface area contributed by atoms with Gasteiger partial charge in [0.25, 0.3) is 5.91 Å². The number of ether oxygens (including phenoxy) is 1. The summed E-state index contributed by atoms with van der Waals surface area (Å²) in [4.78, 5) is 37.3. The lowest BCUT2D eigenvalue weighted by Crippen LogP contribution is -2.46. The predicted molar refractivity (Wildman–Crippen MR) is 175 cm³/mol. The minimum Gasteiger partial charge on any atom is -0.371 e. The number of imidazole rings is 1. The summed E-state index contributed by atoms with van der Waals surface area (Å²) in [6, 6.07) is 18.7. The molecule has 2 heterocycles. The zero-order valence-electron chi connectivity index (χ0n) is 26.4. The third-order valence-corrected chi connectivity index (χ3v) is 9.06. The van der Waals surface area contributed by atoms with Crippen LogP contribution in [0.1, 0.15) is 76.0 Å². The van der Waals surface area contributed by atoms with Crippen LogP contribution >= 0.6 is 0 Å². The number of aliphatic imine (C=N–C) groups is 1. The number of anilines is 1. The molecule has 1 saturated carbocycles. The molecule has 1 aliphatic carbocycles. The van der Waals surface area contributed by atoms with Gasteiger partial charge in [0.2, 0.25) is 5.91 Å². The monoisotopic (exact) mass is 614 g/mol. The van der Waals surface area contributed by atoms with Crippen LogP contribution in [0.2, 0.25) is 0 Å². The van der Waals surface area contributed by atoms with Crippen molar-refractivity contribution >= 4 is 23.3 Å². The van der Waals surface area contributed by atoms with E-state index in [1.165, 1.54) is 32.1 Å². The van der Waals surface area contributed by atoms with Crippen LogP contribution in [0.15, 0.2) is 78.2 Å². The first-order chi connectivity index (χ1) is 21.6. The van der Waals surface area contributed by atoms with Crippen molar-refractivity contribution in [3.05, 3.63) is 84.3 Å². The molecule has 4 N–H and O–H groups in total. The number of nitrogens with one attached hydrogen (secondary N) is 1. The second-order valence-electron chi connectivity index (χ2n) is 13.1. The molecule has 2 atom stereocenters. The molecule has 5 rings (SSSR count). The summed E-state index contributed by atoms with van der Waals surface area (Å²) in [7, 11) is 0. The fourth-order valence-corrected chi connectivity index (χ4v) is 6.32. The van der Waals surface area contributed by atoms with Gasteiger partial charge in [-0.15, -0.1) is 0 Å². The predicted octanol–water partition coefficient (Wildman–Crippen LogP) is 4.70. The number of rotatable bonds is 11. The first kappa shape index (κ1) is 32.5. The Hall–Kier alpha value is -3.86. The number of hydrogen-bond acceptors (Lipinski definition) is 7. The van der Waals surface area contributed by atoms with Gasteiger partial charge in [0.05, 0.1) is 30.8 Å². The van der Waals surface area contributed by atoms with Crippen molar-refractivity contribution in [2.45, 2.75) is 83.2 Å². The maximum absolute atomic E-state index is 14.1. The molecule has 2 amide bonds. The first-order valence-electron chi connectivity index (χ1n) is 16.0. The van der Waals surface area contributed by atoms with E-state index in [2.05, 4.69) is 15.3 Å². The maximum atomic E-state index is 14.1. The molecule has 1 aliphatic heterocycles. The van der Waals surface area contributed by atoms with Gasteiger partial charge in [-0.1, -0.05) is 79.9 Å². The molecule has 1 spiro atoms. The summed E-state index contributed by atoms with van der Waals surface area (Å²) in [5.74, 6) is -0.228. The highest BCUT2D eigenvalue weighted by Crippen LogP contribution is 2.44. The normalized spacial score (nSPS) is 18.4. The van der Waals surface area contributed by atoms with Gasteiger partial charge in [-0.25, -0.2) is 9.98 Å². The third kappa shape index (κ3) is 8.45. The van der Waals surface area contributed by atoms with Crippen molar-refractivity contribution in [1.82, 2.24) is 14.5 Å². The molecule has 45 heavy (non-hydrogen) atoms.